The summed E-state index contributed by atoms with van der Waals surface area (Å²) in [6.07, 6.45) is -1.20. The third-order valence-electron chi connectivity index (χ3n) is 4.65. The van der Waals surface area contributed by atoms with Crippen LogP contribution in [0.15, 0.2) is 36.7 Å². The summed E-state index contributed by atoms with van der Waals surface area (Å²) in [4.78, 5) is 8.34. The van der Waals surface area contributed by atoms with Gasteiger partial charge in [-0.3, -0.25) is 0 Å². The summed E-state index contributed by atoms with van der Waals surface area (Å²) in [7, 11) is 0. The number of aliphatic hydroxyl groups is 1. The van der Waals surface area contributed by atoms with Gasteiger partial charge in [-0.05, 0) is 36.8 Å². The normalized spacial score (nSPS) is 19.2. The SMILES string of the molecule is Cc1cc(Nc2cc(C(F)(F)F)ccn2)nc(-c2cn(CC3(O)CCOC3)nn2)c1. The summed E-state index contributed by atoms with van der Waals surface area (Å²) in [6.45, 7) is 2.81. The Kier molecular flexibility index (Phi) is 5.16. The lowest BCUT2D eigenvalue weighted by atomic mass is 10.0. The van der Waals surface area contributed by atoms with Crippen LogP contribution in [-0.2, 0) is 17.5 Å². The summed E-state index contributed by atoms with van der Waals surface area (Å²) in [5.74, 6) is 0.357. The predicted octanol–water partition coefficient (Wildman–Crippen LogP) is 2.96. The van der Waals surface area contributed by atoms with E-state index in [1.165, 1.54) is 4.68 Å². The first-order valence-corrected chi connectivity index (χ1v) is 9.20. The van der Waals surface area contributed by atoms with Gasteiger partial charge >= 0.3 is 6.18 Å². The Morgan fingerprint density at radius 1 is 1.23 bits per heavy atom. The Morgan fingerprint density at radius 2 is 2.07 bits per heavy atom. The molecule has 0 aromatic carbocycles. The molecule has 11 heteroatoms. The van der Waals surface area contributed by atoms with Gasteiger partial charge in [0.2, 0.25) is 0 Å². The average Bonchev–Trinajstić information content (AvgIpc) is 3.30. The first kappa shape index (κ1) is 20.2. The number of ether oxygens (including phenoxy) is 1. The van der Waals surface area contributed by atoms with E-state index in [0.717, 1.165) is 23.9 Å². The zero-order valence-electron chi connectivity index (χ0n) is 16.0. The van der Waals surface area contributed by atoms with Crippen molar-refractivity contribution in [3.63, 3.8) is 0 Å². The minimum atomic E-state index is -4.46. The zero-order valence-corrected chi connectivity index (χ0v) is 16.0. The molecule has 4 rings (SSSR count). The highest BCUT2D eigenvalue weighted by Crippen LogP contribution is 2.30. The molecule has 1 aliphatic rings. The van der Waals surface area contributed by atoms with Crippen LogP contribution in [0.5, 0.6) is 0 Å². The summed E-state index contributed by atoms with van der Waals surface area (Å²) >= 11 is 0. The zero-order chi connectivity index (χ0) is 21.4. The van der Waals surface area contributed by atoms with Crippen LogP contribution in [0.4, 0.5) is 24.8 Å². The molecular formula is C19H19F3N6O2. The maximum Gasteiger partial charge on any atom is 0.416 e. The summed E-state index contributed by atoms with van der Waals surface area (Å²) in [6, 6.07) is 5.30. The summed E-state index contributed by atoms with van der Waals surface area (Å²) in [5, 5.41) is 21.4. The van der Waals surface area contributed by atoms with Gasteiger partial charge in [0.1, 0.15) is 22.9 Å². The molecule has 1 aliphatic heterocycles. The number of aryl methyl sites for hydroxylation is 1. The maximum absolute atomic E-state index is 12.9. The highest BCUT2D eigenvalue weighted by Gasteiger charge is 2.33. The van der Waals surface area contributed by atoms with Gasteiger partial charge < -0.3 is 15.2 Å². The topological polar surface area (TPSA) is 98.0 Å². The van der Waals surface area contributed by atoms with E-state index >= 15 is 0 Å². The number of anilines is 2. The van der Waals surface area contributed by atoms with Gasteiger partial charge in [-0.25, -0.2) is 14.6 Å². The number of alkyl halides is 3. The fourth-order valence-corrected chi connectivity index (χ4v) is 3.18. The quantitative estimate of drug-likeness (QED) is 0.655. The minimum absolute atomic E-state index is 0.0287. The molecule has 3 aromatic rings. The monoisotopic (exact) mass is 420 g/mol. The molecule has 0 radical (unpaired) electrons. The number of aromatic nitrogens is 5. The second kappa shape index (κ2) is 7.65. The van der Waals surface area contributed by atoms with Gasteiger partial charge in [-0.1, -0.05) is 5.21 Å². The number of pyridine rings is 2. The lowest BCUT2D eigenvalue weighted by Gasteiger charge is -2.19. The van der Waals surface area contributed by atoms with Crippen molar-refractivity contribution in [3.8, 4) is 11.4 Å². The van der Waals surface area contributed by atoms with Crippen LogP contribution in [0.2, 0.25) is 0 Å². The van der Waals surface area contributed by atoms with Crippen LogP contribution < -0.4 is 5.32 Å². The second-order valence-corrected chi connectivity index (χ2v) is 7.30. The van der Waals surface area contributed by atoms with Gasteiger partial charge in [0.05, 0.1) is 30.6 Å². The minimum Gasteiger partial charge on any atom is -0.385 e. The number of hydrogen-bond acceptors (Lipinski definition) is 7. The Morgan fingerprint density at radius 3 is 2.80 bits per heavy atom. The van der Waals surface area contributed by atoms with Crippen molar-refractivity contribution < 1.29 is 23.0 Å². The second-order valence-electron chi connectivity index (χ2n) is 7.30. The number of nitrogens with one attached hydrogen (secondary N) is 1. The van der Waals surface area contributed by atoms with E-state index in [9.17, 15) is 18.3 Å². The van der Waals surface area contributed by atoms with Crippen LogP contribution in [0, 0.1) is 6.92 Å². The number of hydrogen-bond donors (Lipinski definition) is 2. The van der Waals surface area contributed by atoms with E-state index in [0.29, 0.717) is 30.2 Å². The van der Waals surface area contributed by atoms with Gasteiger partial charge in [0, 0.05) is 19.2 Å². The lowest BCUT2D eigenvalue weighted by molar-refractivity contribution is -0.137. The predicted molar refractivity (Wildman–Crippen MR) is 101 cm³/mol. The van der Waals surface area contributed by atoms with Crippen LogP contribution in [0.1, 0.15) is 17.5 Å². The Bertz CT molecular complexity index is 1050. The first-order chi connectivity index (χ1) is 14.2. The molecule has 1 atom stereocenters. The molecule has 0 spiro atoms. The van der Waals surface area contributed by atoms with E-state index < -0.39 is 17.3 Å². The molecule has 0 aliphatic carbocycles. The van der Waals surface area contributed by atoms with Gasteiger partial charge in [-0.15, -0.1) is 5.10 Å². The fraction of sp³-hybridized carbons (Fsp3) is 0.368. The van der Waals surface area contributed by atoms with Crippen LogP contribution >= 0.6 is 0 Å². The number of nitrogens with zero attached hydrogens (tertiary/aromatic N) is 5. The Hall–Kier alpha value is -3.05. The van der Waals surface area contributed by atoms with E-state index in [1.807, 2.05) is 6.92 Å². The molecule has 30 heavy (non-hydrogen) atoms. The summed E-state index contributed by atoms with van der Waals surface area (Å²) in [5.41, 5.74) is 0.00975. The molecule has 1 unspecified atom stereocenters. The van der Waals surface area contributed by atoms with E-state index in [2.05, 4.69) is 25.6 Å². The Labute approximate surface area is 169 Å². The first-order valence-electron chi connectivity index (χ1n) is 9.20. The van der Waals surface area contributed by atoms with Crippen molar-refractivity contribution in [1.82, 2.24) is 25.0 Å². The van der Waals surface area contributed by atoms with Crippen molar-refractivity contribution in [2.45, 2.75) is 31.7 Å². The Balaban J connectivity index is 1.56. The molecule has 4 heterocycles. The van der Waals surface area contributed by atoms with Crippen LogP contribution in [0.25, 0.3) is 11.4 Å². The lowest BCUT2D eigenvalue weighted by Crippen LogP contribution is -2.34. The molecule has 1 saturated heterocycles. The van der Waals surface area contributed by atoms with Gasteiger partial charge in [-0.2, -0.15) is 13.2 Å². The van der Waals surface area contributed by atoms with Crippen molar-refractivity contribution in [2.24, 2.45) is 0 Å². The van der Waals surface area contributed by atoms with Crippen molar-refractivity contribution in [2.75, 3.05) is 18.5 Å². The third kappa shape index (κ3) is 4.57. The fourth-order valence-electron chi connectivity index (χ4n) is 3.18. The smallest absolute Gasteiger partial charge is 0.385 e. The largest absolute Gasteiger partial charge is 0.416 e. The molecule has 1 fully saturated rings. The molecular weight excluding hydrogens is 401 g/mol. The molecule has 0 bridgehead atoms. The van der Waals surface area contributed by atoms with Crippen LogP contribution in [0.3, 0.4) is 0 Å². The van der Waals surface area contributed by atoms with E-state index in [-0.39, 0.29) is 19.0 Å². The van der Waals surface area contributed by atoms with Crippen molar-refractivity contribution in [3.05, 3.63) is 47.8 Å². The maximum atomic E-state index is 12.9. The molecule has 2 N–H and O–H groups in total. The van der Waals surface area contributed by atoms with Gasteiger partial charge in [0.25, 0.3) is 0 Å². The highest BCUT2D eigenvalue weighted by molar-refractivity contribution is 5.61. The molecule has 0 amide bonds. The average molecular weight is 420 g/mol. The number of rotatable bonds is 5. The molecule has 3 aromatic heterocycles. The van der Waals surface area contributed by atoms with E-state index in [1.54, 1.807) is 18.3 Å². The van der Waals surface area contributed by atoms with Crippen molar-refractivity contribution >= 4 is 11.6 Å². The standard InChI is InChI=1S/C19H19F3N6O2/c1-12-6-14(15-9-28(27-26-15)10-18(29)3-5-30-11-18)24-17(7-12)25-16-8-13(2-4-23-16)19(20,21)22/h2,4,6-9,29H,3,5,10-11H2,1H3,(H,23,24,25). The molecule has 8 nitrogen and oxygen atoms in total. The van der Waals surface area contributed by atoms with E-state index in [4.69, 9.17) is 4.74 Å². The highest BCUT2D eigenvalue weighted by atomic mass is 19.4. The molecule has 158 valence electrons. The van der Waals surface area contributed by atoms with Crippen LogP contribution in [-0.4, -0.2) is 48.9 Å². The molecule has 0 saturated carbocycles. The third-order valence-corrected chi connectivity index (χ3v) is 4.65. The number of halogens is 3. The van der Waals surface area contributed by atoms with Gasteiger partial charge in [0.15, 0.2) is 0 Å². The summed E-state index contributed by atoms with van der Waals surface area (Å²) < 4.78 is 45.5. The van der Waals surface area contributed by atoms with Crippen molar-refractivity contribution in [1.29, 1.82) is 0 Å².